The second kappa shape index (κ2) is 6.32. The Morgan fingerprint density at radius 3 is 3.00 bits per heavy atom. The highest BCUT2D eigenvalue weighted by Gasteiger charge is 2.24. The third kappa shape index (κ3) is 3.65. The summed E-state index contributed by atoms with van der Waals surface area (Å²) in [5.74, 6) is 0.497. The largest absolute Gasteiger partial charge is 0.396 e. The van der Waals surface area contributed by atoms with Crippen molar-refractivity contribution in [3.8, 4) is 0 Å². The van der Waals surface area contributed by atoms with Crippen LogP contribution in [0.5, 0.6) is 0 Å². The molecule has 1 aliphatic heterocycles. The Morgan fingerprint density at radius 2 is 2.32 bits per heavy atom. The predicted octanol–water partition coefficient (Wildman–Crippen LogP) is 2.45. The number of nitro groups is 1. The number of hydrogen-bond acceptors (Lipinski definition) is 4. The van der Waals surface area contributed by atoms with Crippen molar-refractivity contribution in [2.75, 3.05) is 19.7 Å². The van der Waals surface area contributed by atoms with Crippen LogP contribution in [-0.4, -0.2) is 34.6 Å². The second-order valence-corrected chi connectivity index (χ2v) is 5.37. The van der Waals surface area contributed by atoms with Gasteiger partial charge in [0.2, 0.25) is 0 Å². The van der Waals surface area contributed by atoms with Crippen LogP contribution >= 0.6 is 11.6 Å². The molecule has 1 aromatic carbocycles. The average molecular weight is 285 g/mol. The van der Waals surface area contributed by atoms with E-state index in [9.17, 15) is 10.1 Å². The van der Waals surface area contributed by atoms with Gasteiger partial charge in [0.15, 0.2) is 0 Å². The molecule has 1 heterocycles. The van der Waals surface area contributed by atoms with Crippen molar-refractivity contribution in [2.45, 2.75) is 19.4 Å². The summed E-state index contributed by atoms with van der Waals surface area (Å²) in [6.45, 7) is 2.58. The summed E-state index contributed by atoms with van der Waals surface area (Å²) in [5, 5.41) is 20.3. The first-order valence-electron chi connectivity index (χ1n) is 6.36. The number of halogens is 1. The lowest BCUT2D eigenvalue weighted by Gasteiger charge is -2.16. The molecular weight excluding hydrogens is 268 g/mol. The molecule has 5 nitrogen and oxygen atoms in total. The Bertz CT molecular complexity index is 467. The Kier molecular flexibility index (Phi) is 4.74. The smallest absolute Gasteiger partial charge is 0.275 e. The van der Waals surface area contributed by atoms with Gasteiger partial charge in [0.25, 0.3) is 5.69 Å². The Morgan fingerprint density at radius 1 is 1.53 bits per heavy atom. The summed E-state index contributed by atoms with van der Waals surface area (Å²) in [6.07, 6.45) is 1.85. The SMILES string of the molecule is O=[N+]([O-])c1cc(Cl)ccc1CN1CCC(CCO)C1. The zero-order valence-corrected chi connectivity index (χ0v) is 11.3. The molecule has 1 atom stereocenters. The fraction of sp³-hybridized carbons (Fsp3) is 0.538. The number of rotatable bonds is 5. The van der Waals surface area contributed by atoms with Crippen LogP contribution in [0.4, 0.5) is 5.69 Å². The van der Waals surface area contributed by atoms with Crippen molar-refractivity contribution in [1.82, 2.24) is 4.90 Å². The molecule has 1 saturated heterocycles. The molecule has 104 valence electrons. The van der Waals surface area contributed by atoms with E-state index in [0.717, 1.165) is 25.9 Å². The number of likely N-dealkylation sites (tertiary alicyclic amines) is 1. The number of aliphatic hydroxyl groups excluding tert-OH is 1. The van der Waals surface area contributed by atoms with Crippen molar-refractivity contribution in [1.29, 1.82) is 0 Å². The molecule has 1 fully saturated rings. The van der Waals surface area contributed by atoms with Gasteiger partial charge in [-0.2, -0.15) is 0 Å². The van der Waals surface area contributed by atoms with E-state index in [0.29, 0.717) is 23.0 Å². The first-order chi connectivity index (χ1) is 9.10. The van der Waals surface area contributed by atoms with Crippen LogP contribution in [0.25, 0.3) is 0 Å². The molecule has 0 aliphatic carbocycles. The van der Waals surface area contributed by atoms with Gasteiger partial charge in [-0.3, -0.25) is 15.0 Å². The van der Waals surface area contributed by atoms with E-state index in [1.165, 1.54) is 6.07 Å². The molecule has 0 radical (unpaired) electrons. The molecule has 1 aliphatic rings. The standard InChI is InChI=1S/C13H17ClN2O3/c14-12-2-1-11(13(7-12)16(18)19)9-15-5-3-10(8-15)4-6-17/h1-2,7,10,17H,3-6,8-9H2. The van der Waals surface area contributed by atoms with Gasteiger partial charge in [-0.25, -0.2) is 0 Å². The highest BCUT2D eigenvalue weighted by Crippen LogP contribution is 2.27. The predicted molar refractivity (Wildman–Crippen MR) is 73.2 cm³/mol. The van der Waals surface area contributed by atoms with Crippen molar-refractivity contribution >= 4 is 17.3 Å². The van der Waals surface area contributed by atoms with E-state index in [1.54, 1.807) is 12.1 Å². The van der Waals surface area contributed by atoms with Crippen LogP contribution < -0.4 is 0 Å². The fourth-order valence-corrected chi connectivity index (χ4v) is 2.72. The molecule has 0 saturated carbocycles. The van der Waals surface area contributed by atoms with Gasteiger partial charge in [0.1, 0.15) is 0 Å². The van der Waals surface area contributed by atoms with E-state index in [1.807, 2.05) is 0 Å². The van der Waals surface area contributed by atoms with Gasteiger partial charge >= 0.3 is 0 Å². The van der Waals surface area contributed by atoms with E-state index in [2.05, 4.69) is 4.90 Å². The average Bonchev–Trinajstić information content (AvgIpc) is 2.79. The number of aliphatic hydroxyl groups is 1. The zero-order valence-electron chi connectivity index (χ0n) is 10.6. The molecule has 1 unspecified atom stereocenters. The van der Waals surface area contributed by atoms with Gasteiger partial charge in [-0.15, -0.1) is 0 Å². The molecule has 0 amide bonds. The quantitative estimate of drug-likeness (QED) is 0.666. The molecule has 2 rings (SSSR count). The molecule has 0 bridgehead atoms. The number of nitrogens with zero attached hydrogens (tertiary/aromatic N) is 2. The maximum Gasteiger partial charge on any atom is 0.275 e. The Labute approximate surface area is 116 Å². The molecule has 1 N–H and O–H groups in total. The third-order valence-corrected chi connectivity index (χ3v) is 3.78. The minimum absolute atomic E-state index is 0.0816. The van der Waals surface area contributed by atoms with Crippen LogP contribution in [0.2, 0.25) is 5.02 Å². The van der Waals surface area contributed by atoms with Gasteiger partial charge in [0, 0.05) is 36.3 Å². The van der Waals surface area contributed by atoms with Crippen molar-refractivity contribution in [3.05, 3.63) is 38.9 Å². The topological polar surface area (TPSA) is 66.6 Å². The Balaban J connectivity index is 2.05. The normalized spacial score (nSPS) is 19.8. The maximum atomic E-state index is 11.0. The van der Waals surface area contributed by atoms with Crippen LogP contribution in [0.1, 0.15) is 18.4 Å². The van der Waals surface area contributed by atoms with E-state index in [-0.39, 0.29) is 17.2 Å². The molecular formula is C13H17ClN2O3. The highest BCUT2D eigenvalue weighted by atomic mass is 35.5. The lowest BCUT2D eigenvalue weighted by molar-refractivity contribution is -0.385. The lowest BCUT2D eigenvalue weighted by atomic mass is 10.1. The maximum absolute atomic E-state index is 11.0. The van der Waals surface area contributed by atoms with Crippen LogP contribution in [0, 0.1) is 16.0 Å². The van der Waals surface area contributed by atoms with Crippen molar-refractivity contribution in [3.63, 3.8) is 0 Å². The summed E-state index contributed by atoms with van der Waals surface area (Å²) in [7, 11) is 0. The van der Waals surface area contributed by atoms with Crippen molar-refractivity contribution < 1.29 is 10.0 Å². The van der Waals surface area contributed by atoms with Crippen LogP contribution in [0.15, 0.2) is 18.2 Å². The summed E-state index contributed by atoms with van der Waals surface area (Å²) >= 11 is 5.80. The molecule has 0 aromatic heterocycles. The van der Waals surface area contributed by atoms with E-state index in [4.69, 9.17) is 16.7 Å². The van der Waals surface area contributed by atoms with Gasteiger partial charge in [0.05, 0.1) is 4.92 Å². The van der Waals surface area contributed by atoms with Gasteiger partial charge in [-0.1, -0.05) is 11.6 Å². The molecule has 6 heteroatoms. The van der Waals surface area contributed by atoms with Crippen LogP contribution in [0.3, 0.4) is 0 Å². The summed E-state index contributed by atoms with van der Waals surface area (Å²) in [6, 6.07) is 4.81. The molecule has 0 spiro atoms. The minimum atomic E-state index is -0.386. The second-order valence-electron chi connectivity index (χ2n) is 4.93. The van der Waals surface area contributed by atoms with Gasteiger partial charge < -0.3 is 5.11 Å². The first kappa shape index (κ1) is 14.2. The zero-order chi connectivity index (χ0) is 13.8. The number of hydrogen-bond donors (Lipinski definition) is 1. The lowest BCUT2D eigenvalue weighted by Crippen LogP contribution is -2.21. The summed E-state index contributed by atoms with van der Waals surface area (Å²) in [5.41, 5.74) is 0.775. The minimum Gasteiger partial charge on any atom is -0.396 e. The third-order valence-electron chi connectivity index (χ3n) is 3.55. The van der Waals surface area contributed by atoms with E-state index < -0.39 is 0 Å². The summed E-state index contributed by atoms with van der Waals surface area (Å²) in [4.78, 5) is 12.8. The number of benzene rings is 1. The van der Waals surface area contributed by atoms with E-state index >= 15 is 0 Å². The summed E-state index contributed by atoms with van der Waals surface area (Å²) < 4.78 is 0. The molecule has 1 aromatic rings. The molecule has 19 heavy (non-hydrogen) atoms. The number of nitro benzene ring substituents is 1. The fourth-order valence-electron chi connectivity index (χ4n) is 2.56. The first-order valence-corrected chi connectivity index (χ1v) is 6.74. The monoisotopic (exact) mass is 284 g/mol. The Hall–Kier alpha value is -1.17. The van der Waals surface area contributed by atoms with Gasteiger partial charge in [-0.05, 0) is 37.4 Å². The highest BCUT2D eigenvalue weighted by molar-refractivity contribution is 6.30. The van der Waals surface area contributed by atoms with Crippen LogP contribution in [-0.2, 0) is 6.54 Å². The van der Waals surface area contributed by atoms with Crippen molar-refractivity contribution in [2.24, 2.45) is 5.92 Å².